The number of carbonyl (C=O) groups excluding carboxylic acids is 1. The number of nitrogens with one attached hydrogen (secondary N) is 1. The molecule has 0 saturated carbocycles. The van der Waals surface area contributed by atoms with E-state index in [1.807, 2.05) is 74.2 Å². The summed E-state index contributed by atoms with van der Waals surface area (Å²) >= 11 is 1.69. The molecule has 7 heteroatoms. The fraction of sp³-hybridized carbons (Fsp3) is 0.250. The van der Waals surface area contributed by atoms with Crippen LogP contribution in [0.5, 0.6) is 5.75 Å². The van der Waals surface area contributed by atoms with Gasteiger partial charge in [0.05, 0.1) is 17.3 Å². The molecule has 4 aromatic rings. The highest BCUT2D eigenvalue weighted by Gasteiger charge is 2.18. The number of likely N-dealkylation sites (N-methyl/N-ethyl adjacent to an activating group) is 1. The van der Waals surface area contributed by atoms with Crippen molar-refractivity contribution in [1.29, 1.82) is 0 Å². The number of aromatic nitrogens is 2. The summed E-state index contributed by atoms with van der Waals surface area (Å²) in [7, 11) is 4.04. The molecule has 4 rings (SSSR count). The van der Waals surface area contributed by atoms with Gasteiger partial charge in [-0.3, -0.25) is 4.79 Å². The van der Waals surface area contributed by atoms with Crippen molar-refractivity contribution < 1.29 is 9.53 Å². The summed E-state index contributed by atoms with van der Waals surface area (Å²) < 4.78 is 7.98. The van der Waals surface area contributed by atoms with Gasteiger partial charge < -0.3 is 19.4 Å². The number of para-hydroxylation sites is 1. The first-order valence-electron chi connectivity index (χ1n) is 10.2. The molecule has 0 fully saturated rings. The van der Waals surface area contributed by atoms with Crippen molar-refractivity contribution in [3.63, 3.8) is 0 Å². The molecular weight excluding hydrogens is 408 g/mol. The SMILES string of the molecule is Cc1cccn2cc(COc3ccccc3C(=O)NCC(c3cccs3)N(C)C)nc12. The van der Waals surface area contributed by atoms with Crippen molar-refractivity contribution in [2.45, 2.75) is 19.6 Å². The zero-order valence-electron chi connectivity index (χ0n) is 17.9. The van der Waals surface area contributed by atoms with Gasteiger partial charge in [0.15, 0.2) is 0 Å². The first-order valence-corrected chi connectivity index (χ1v) is 11.0. The Morgan fingerprint density at radius 2 is 2.03 bits per heavy atom. The lowest BCUT2D eigenvalue weighted by molar-refractivity contribution is 0.0937. The van der Waals surface area contributed by atoms with Gasteiger partial charge in [0.2, 0.25) is 0 Å². The number of thiophene rings is 1. The van der Waals surface area contributed by atoms with Crippen molar-refractivity contribution >= 4 is 22.9 Å². The molecule has 1 N–H and O–H groups in total. The molecule has 1 amide bonds. The van der Waals surface area contributed by atoms with Crippen LogP contribution in [0, 0.1) is 6.92 Å². The highest BCUT2D eigenvalue weighted by Crippen LogP contribution is 2.24. The Morgan fingerprint density at radius 1 is 1.19 bits per heavy atom. The summed E-state index contributed by atoms with van der Waals surface area (Å²) in [4.78, 5) is 20.9. The van der Waals surface area contributed by atoms with Crippen LogP contribution in [0.3, 0.4) is 0 Å². The van der Waals surface area contributed by atoms with E-state index in [9.17, 15) is 4.79 Å². The Morgan fingerprint density at radius 3 is 2.77 bits per heavy atom. The number of amides is 1. The molecule has 0 aliphatic heterocycles. The molecule has 1 unspecified atom stereocenters. The van der Waals surface area contributed by atoms with E-state index in [4.69, 9.17) is 4.74 Å². The second kappa shape index (κ2) is 9.32. The van der Waals surface area contributed by atoms with E-state index >= 15 is 0 Å². The highest BCUT2D eigenvalue weighted by atomic mass is 32.1. The predicted molar refractivity (Wildman–Crippen MR) is 124 cm³/mol. The Bertz CT molecular complexity index is 1170. The molecular formula is C24H26N4O2S. The third-order valence-electron chi connectivity index (χ3n) is 5.19. The largest absolute Gasteiger partial charge is 0.486 e. The van der Waals surface area contributed by atoms with Crippen LogP contribution >= 0.6 is 11.3 Å². The maximum Gasteiger partial charge on any atom is 0.255 e. The maximum atomic E-state index is 12.9. The minimum Gasteiger partial charge on any atom is -0.486 e. The van der Waals surface area contributed by atoms with Crippen LogP contribution in [0.2, 0.25) is 0 Å². The standard InChI is InChI=1S/C24H26N4O2S/c1-17-8-6-12-28-15-18(26-23(17)28)16-30-21-10-5-4-9-19(21)24(29)25-14-20(27(2)3)22-11-7-13-31-22/h4-13,15,20H,14,16H2,1-3H3,(H,25,29). The summed E-state index contributed by atoms with van der Waals surface area (Å²) in [6.45, 7) is 2.84. The molecule has 6 nitrogen and oxygen atoms in total. The van der Waals surface area contributed by atoms with E-state index in [2.05, 4.69) is 26.6 Å². The topological polar surface area (TPSA) is 58.9 Å². The van der Waals surface area contributed by atoms with Crippen molar-refractivity contribution in [2.75, 3.05) is 20.6 Å². The second-order valence-electron chi connectivity index (χ2n) is 7.64. The minimum absolute atomic E-state index is 0.123. The molecule has 0 bridgehead atoms. The third-order valence-corrected chi connectivity index (χ3v) is 6.16. The average Bonchev–Trinajstić information content (AvgIpc) is 3.43. The number of pyridine rings is 1. The van der Waals surface area contributed by atoms with Gasteiger partial charge in [0, 0.05) is 23.8 Å². The van der Waals surface area contributed by atoms with E-state index in [-0.39, 0.29) is 11.9 Å². The lowest BCUT2D eigenvalue weighted by atomic mass is 10.1. The molecule has 3 heterocycles. The van der Waals surface area contributed by atoms with E-state index < -0.39 is 0 Å². The van der Waals surface area contributed by atoms with E-state index in [1.54, 1.807) is 17.4 Å². The number of rotatable bonds is 8. The van der Waals surface area contributed by atoms with Crippen molar-refractivity contribution in [3.05, 3.63) is 88.0 Å². The average molecular weight is 435 g/mol. The number of ether oxygens (including phenoxy) is 1. The normalized spacial score (nSPS) is 12.3. The van der Waals surface area contributed by atoms with Crippen molar-refractivity contribution in [1.82, 2.24) is 19.6 Å². The van der Waals surface area contributed by atoms with Crippen LogP contribution in [-0.2, 0) is 6.61 Å². The van der Waals surface area contributed by atoms with Gasteiger partial charge in [-0.1, -0.05) is 24.3 Å². The first-order chi connectivity index (χ1) is 15.0. The highest BCUT2D eigenvalue weighted by molar-refractivity contribution is 7.10. The minimum atomic E-state index is -0.148. The molecule has 31 heavy (non-hydrogen) atoms. The molecule has 0 aliphatic rings. The molecule has 1 atom stereocenters. The van der Waals surface area contributed by atoms with Crippen molar-refractivity contribution in [2.24, 2.45) is 0 Å². The molecule has 3 aromatic heterocycles. The van der Waals surface area contributed by atoms with Crippen molar-refractivity contribution in [3.8, 4) is 5.75 Å². The quantitative estimate of drug-likeness (QED) is 0.449. The van der Waals surface area contributed by atoms with Gasteiger partial charge in [-0.05, 0) is 56.2 Å². The Hall–Kier alpha value is -3.16. The first kappa shape index (κ1) is 21.1. The molecule has 0 spiro atoms. The van der Waals surface area contributed by atoms with Gasteiger partial charge in [-0.15, -0.1) is 11.3 Å². The van der Waals surface area contributed by atoms with Gasteiger partial charge in [0.25, 0.3) is 5.91 Å². The van der Waals surface area contributed by atoms with Crippen LogP contribution < -0.4 is 10.1 Å². The zero-order chi connectivity index (χ0) is 21.8. The van der Waals surface area contributed by atoms with Crippen LogP contribution in [0.25, 0.3) is 5.65 Å². The number of fused-ring (bicyclic) bond motifs is 1. The van der Waals surface area contributed by atoms with E-state index in [1.165, 1.54) is 4.88 Å². The number of nitrogens with zero attached hydrogens (tertiary/aromatic N) is 3. The van der Waals surface area contributed by atoms with Gasteiger partial charge in [-0.2, -0.15) is 0 Å². The predicted octanol–water partition coefficient (Wildman–Crippen LogP) is 4.32. The van der Waals surface area contributed by atoms with Gasteiger partial charge in [-0.25, -0.2) is 4.98 Å². The molecule has 0 radical (unpaired) electrons. The molecule has 0 aliphatic carbocycles. The summed E-state index contributed by atoms with van der Waals surface area (Å²) in [5.41, 5.74) is 3.35. The van der Waals surface area contributed by atoms with Crippen LogP contribution in [0.4, 0.5) is 0 Å². The number of imidazole rings is 1. The lowest BCUT2D eigenvalue weighted by Crippen LogP contribution is -2.34. The fourth-order valence-electron chi connectivity index (χ4n) is 3.51. The molecule has 0 saturated heterocycles. The number of benzene rings is 1. The summed E-state index contributed by atoms with van der Waals surface area (Å²) in [6.07, 6.45) is 3.92. The summed E-state index contributed by atoms with van der Waals surface area (Å²) in [5.74, 6) is 0.399. The maximum absolute atomic E-state index is 12.9. The number of hydrogen-bond donors (Lipinski definition) is 1. The van der Waals surface area contributed by atoms with Gasteiger partial charge >= 0.3 is 0 Å². The summed E-state index contributed by atoms with van der Waals surface area (Å²) in [6, 6.07) is 15.6. The monoisotopic (exact) mass is 434 g/mol. The number of hydrogen-bond acceptors (Lipinski definition) is 5. The Kier molecular flexibility index (Phi) is 6.34. The number of aryl methyl sites for hydroxylation is 1. The fourth-order valence-corrected chi connectivity index (χ4v) is 4.43. The van der Waals surface area contributed by atoms with Crippen LogP contribution in [0.1, 0.15) is 32.5 Å². The van der Waals surface area contributed by atoms with Gasteiger partial charge in [0.1, 0.15) is 18.0 Å². The van der Waals surface area contributed by atoms with Crippen LogP contribution in [-0.4, -0.2) is 40.8 Å². The number of carbonyl (C=O) groups is 1. The third kappa shape index (κ3) is 4.78. The smallest absolute Gasteiger partial charge is 0.255 e. The second-order valence-corrected chi connectivity index (χ2v) is 8.62. The molecule has 160 valence electrons. The van der Waals surface area contributed by atoms with Crippen LogP contribution in [0.15, 0.2) is 66.3 Å². The summed E-state index contributed by atoms with van der Waals surface area (Å²) in [5, 5.41) is 5.12. The lowest BCUT2D eigenvalue weighted by Gasteiger charge is -2.23. The zero-order valence-corrected chi connectivity index (χ0v) is 18.7. The van der Waals surface area contributed by atoms with E-state index in [0.29, 0.717) is 24.5 Å². The van der Waals surface area contributed by atoms with E-state index in [0.717, 1.165) is 16.9 Å². The Balaban J connectivity index is 1.44. The molecule has 1 aromatic carbocycles. The Labute approximate surface area is 186 Å².